The normalized spacial score (nSPS) is 19.2. The van der Waals surface area contributed by atoms with Gasteiger partial charge in [0.1, 0.15) is 6.17 Å². The molecule has 0 radical (unpaired) electrons. The minimum atomic E-state index is -1.54. The molecule has 1 fully saturated rings. The number of carbonyl (C=O) groups excluding carboxylic acids is 1. The number of amides is 1. The van der Waals surface area contributed by atoms with Crippen molar-refractivity contribution in [3.8, 4) is 0 Å². The highest BCUT2D eigenvalue weighted by Crippen LogP contribution is 2.32. The van der Waals surface area contributed by atoms with Crippen molar-refractivity contribution in [3.05, 3.63) is 0 Å². The van der Waals surface area contributed by atoms with Gasteiger partial charge >= 0.3 is 0 Å². The lowest BCUT2D eigenvalue weighted by atomic mass is 10.2. The summed E-state index contributed by atoms with van der Waals surface area (Å²) in [5.41, 5.74) is 0. The van der Waals surface area contributed by atoms with Crippen LogP contribution >= 0.6 is 34.8 Å². The minimum Gasteiger partial charge on any atom is -0.379 e. The molecule has 1 amide bonds. The molecule has 0 aromatic carbocycles. The third-order valence-corrected chi connectivity index (χ3v) is 3.65. The first-order chi connectivity index (χ1) is 8.95. The fourth-order valence-electron chi connectivity index (χ4n) is 1.98. The third kappa shape index (κ3) is 6.50. The number of hydrogen-bond acceptors (Lipinski definition) is 3. The number of halogens is 3. The molecule has 112 valence electrons. The van der Waals surface area contributed by atoms with Gasteiger partial charge in [-0.3, -0.25) is 9.69 Å². The molecule has 1 aliphatic heterocycles. The number of ether oxygens (including phenoxy) is 1. The second-order valence-corrected chi connectivity index (χ2v) is 6.99. The molecule has 0 unspecified atom stereocenters. The molecule has 1 aliphatic rings. The van der Waals surface area contributed by atoms with Crippen molar-refractivity contribution in [2.24, 2.45) is 0 Å². The van der Waals surface area contributed by atoms with Gasteiger partial charge in [-0.1, -0.05) is 54.6 Å². The Bertz CT molecular complexity index is 279. The van der Waals surface area contributed by atoms with Crippen LogP contribution in [-0.4, -0.2) is 47.1 Å². The fourth-order valence-corrected chi connectivity index (χ4v) is 2.55. The number of nitrogens with zero attached hydrogens (tertiary/aromatic N) is 1. The summed E-state index contributed by atoms with van der Waals surface area (Å²) in [7, 11) is 0. The molecule has 0 saturated carbocycles. The number of morpholine rings is 1. The molecule has 4 nitrogen and oxygen atoms in total. The fraction of sp³-hybridized carbons (Fsp3) is 0.917. The molecule has 1 N–H and O–H groups in total. The summed E-state index contributed by atoms with van der Waals surface area (Å²) < 4.78 is 3.72. The molecule has 1 rings (SSSR count). The molecular weight excluding hydrogens is 311 g/mol. The van der Waals surface area contributed by atoms with Crippen LogP contribution in [0.2, 0.25) is 0 Å². The quantitative estimate of drug-likeness (QED) is 0.601. The van der Waals surface area contributed by atoms with E-state index >= 15 is 0 Å². The van der Waals surface area contributed by atoms with Gasteiger partial charge in [0.2, 0.25) is 9.70 Å². The predicted molar refractivity (Wildman–Crippen MR) is 78.8 cm³/mol. The van der Waals surface area contributed by atoms with Crippen molar-refractivity contribution in [1.82, 2.24) is 10.2 Å². The average Bonchev–Trinajstić information content (AvgIpc) is 2.36. The van der Waals surface area contributed by atoms with Gasteiger partial charge in [0.25, 0.3) is 0 Å². The van der Waals surface area contributed by atoms with E-state index in [2.05, 4.69) is 12.2 Å². The van der Waals surface area contributed by atoms with Crippen LogP contribution < -0.4 is 5.32 Å². The van der Waals surface area contributed by atoms with E-state index in [0.717, 1.165) is 19.3 Å². The Balaban J connectivity index is 2.52. The van der Waals surface area contributed by atoms with Gasteiger partial charge in [-0.05, 0) is 6.42 Å². The van der Waals surface area contributed by atoms with Crippen molar-refractivity contribution >= 4 is 40.7 Å². The SMILES string of the molecule is CCCCCC(=O)N[C@H](N1CCOCC1)C(Cl)(Cl)Cl. The monoisotopic (exact) mass is 330 g/mol. The molecule has 0 aromatic heterocycles. The molecule has 0 aliphatic carbocycles. The van der Waals surface area contributed by atoms with E-state index in [9.17, 15) is 4.79 Å². The Morgan fingerprint density at radius 1 is 1.32 bits per heavy atom. The Labute approximate surface area is 129 Å². The number of rotatable bonds is 6. The van der Waals surface area contributed by atoms with Gasteiger partial charge in [0, 0.05) is 19.5 Å². The van der Waals surface area contributed by atoms with Crippen LogP contribution in [-0.2, 0) is 9.53 Å². The molecule has 1 atom stereocenters. The van der Waals surface area contributed by atoms with Gasteiger partial charge in [-0.2, -0.15) is 0 Å². The molecular formula is C12H21Cl3N2O2. The van der Waals surface area contributed by atoms with Gasteiger partial charge in [0.05, 0.1) is 13.2 Å². The average molecular weight is 332 g/mol. The van der Waals surface area contributed by atoms with Crippen LogP contribution in [0.1, 0.15) is 32.6 Å². The van der Waals surface area contributed by atoms with E-state index in [0.29, 0.717) is 32.7 Å². The molecule has 1 heterocycles. The smallest absolute Gasteiger partial charge is 0.223 e. The predicted octanol–water partition coefficient (Wildman–Crippen LogP) is 2.71. The van der Waals surface area contributed by atoms with Crippen LogP contribution in [0.5, 0.6) is 0 Å². The number of hydrogen-bond donors (Lipinski definition) is 1. The summed E-state index contributed by atoms with van der Waals surface area (Å²) in [4.78, 5) is 13.8. The lowest BCUT2D eigenvalue weighted by molar-refractivity contribution is -0.123. The largest absolute Gasteiger partial charge is 0.379 e. The Morgan fingerprint density at radius 2 is 1.95 bits per heavy atom. The summed E-state index contributed by atoms with van der Waals surface area (Å²) in [5, 5.41) is 2.82. The van der Waals surface area contributed by atoms with Gasteiger partial charge in [0.15, 0.2) is 0 Å². The summed E-state index contributed by atoms with van der Waals surface area (Å²) >= 11 is 17.9. The number of nitrogens with one attached hydrogen (secondary N) is 1. The first-order valence-electron chi connectivity index (χ1n) is 6.63. The van der Waals surface area contributed by atoms with Crippen molar-refractivity contribution < 1.29 is 9.53 Å². The van der Waals surface area contributed by atoms with Crippen LogP contribution in [0.4, 0.5) is 0 Å². The van der Waals surface area contributed by atoms with E-state index in [1.54, 1.807) is 0 Å². The van der Waals surface area contributed by atoms with Crippen LogP contribution in [0.25, 0.3) is 0 Å². The number of carbonyl (C=O) groups is 1. The maximum Gasteiger partial charge on any atom is 0.223 e. The van der Waals surface area contributed by atoms with Crippen LogP contribution in [0.15, 0.2) is 0 Å². The second kappa shape index (κ2) is 8.53. The zero-order chi connectivity index (χ0) is 14.3. The zero-order valence-electron chi connectivity index (χ0n) is 11.1. The summed E-state index contributed by atoms with van der Waals surface area (Å²) in [5.74, 6) is -0.0729. The Morgan fingerprint density at radius 3 is 2.47 bits per heavy atom. The maximum atomic E-state index is 11.9. The second-order valence-electron chi connectivity index (χ2n) is 4.62. The molecule has 0 spiro atoms. The number of alkyl halides is 3. The first kappa shape index (κ1) is 17.3. The summed E-state index contributed by atoms with van der Waals surface area (Å²) in [6.45, 7) is 4.56. The van der Waals surface area contributed by atoms with E-state index in [4.69, 9.17) is 39.5 Å². The van der Waals surface area contributed by atoms with Crippen molar-refractivity contribution in [2.75, 3.05) is 26.3 Å². The maximum absolute atomic E-state index is 11.9. The first-order valence-corrected chi connectivity index (χ1v) is 7.76. The molecule has 1 saturated heterocycles. The topological polar surface area (TPSA) is 41.6 Å². The summed E-state index contributed by atoms with van der Waals surface area (Å²) in [6, 6.07) is 0. The lowest BCUT2D eigenvalue weighted by Gasteiger charge is -2.38. The van der Waals surface area contributed by atoms with Crippen LogP contribution in [0.3, 0.4) is 0 Å². The molecule has 19 heavy (non-hydrogen) atoms. The van der Waals surface area contributed by atoms with Gasteiger partial charge in [-0.15, -0.1) is 0 Å². The summed E-state index contributed by atoms with van der Waals surface area (Å²) in [6.07, 6.45) is 2.83. The van der Waals surface area contributed by atoms with E-state index in [1.807, 2.05) is 4.90 Å². The highest BCUT2D eigenvalue weighted by molar-refractivity contribution is 6.68. The van der Waals surface area contributed by atoms with Crippen molar-refractivity contribution in [1.29, 1.82) is 0 Å². The van der Waals surface area contributed by atoms with Crippen molar-refractivity contribution in [3.63, 3.8) is 0 Å². The highest BCUT2D eigenvalue weighted by atomic mass is 35.6. The minimum absolute atomic E-state index is 0.0729. The van der Waals surface area contributed by atoms with Crippen molar-refractivity contribution in [2.45, 2.75) is 42.6 Å². The molecule has 0 bridgehead atoms. The van der Waals surface area contributed by atoms with E-state index in [1.165, 1.54) is 0 Å². The third-order valence-electron chi connectivity index (χ3n) is 3.03. The Hall–Kier alpha value is 0.260. The molecule has 0 aromatic rings. The van der Waals surface area contributed by atoms with E-state index in [-0.39, 0.29) is 5.91 Å². The number of unbranched alkanes of at least 4 members (excludes halogenated alkanes) is 2. The van der Waals surface area contributed by atoms with Crippen LogP contribution in [0, 0.1) is 0 Å². The standard InChI is InChI=1S/C12H21Cl3N2O2/c1-2-3-4-5-10(18)16-11(12(13,14)15)17-6-8-19-9-7-17/h11H,2-9H2,1H3,(H,16,18)/t11-/m1/s1. The highest BCUT2D eigenvalue weighted by Gasteiger charge is 2.38. The van der Waals surface area contributed by atoms with Gasteiger partial charge < -0.3 is 10.1 Å². The Kier molecular flexibility index (Phi) is 7.77. The van der Waals surface area contributed by atoms with E-state index < -0.39 is 9.96 Å². The lowest BCUT2D eigenvalue weighted by Crippen LogP contribution is -2.58. The van der Waals surface area contributed by atoms with Gasteiger partial charge in [-0.25, -0.2) is 0 Å². The zero-order valence-corrected chi connectivity index (χ0v) is 13.4. The molecule has 7 heteroatoms.